The highest BCUT2D eigenvalue weighted by Gasteiger charge is 2.38. The number of benzene rings is 2. The van der Waals surface area contributed by atoms with Crippen LogP contribution in [0.4, 0.5) is 18.9 Å². The van der Waals surface area contributed by atoms with Crippen LogP contribution in [0.5, 0.6) is 0 Å². The van der Waals surface area contributed by atoms with Crippen LogP contribution in [-0.2, 0) is 6.54 Å². The van der Waals surface area contributed by atoms with Gasteiger partial charge in [0.2, 0.25) is 5.92 Å². The second kappa shape index (κ2) is 10.4. The van der Waals surface area contributed by atoms with Gasteiger partial charge in [-0.3, -0.25) is 4.79 Å². The molecule has 1 amide bonds. The van der Waals surface area contributed by atoms with Gasteiger partial charge in [-0.2, -0.15) is 5.10 Å². The molecule has 10 heteroatoms. The fourth-order valence-electron chi connectivity index (χ4n) is 4.33. The molecular formula is C26H29F3N4O3. The number of carbonyl (C=O) groups is 2. The van der Waals surface area contributed by atoms with E-state index in [1.54, 1.807) is 31.2 Å². The minimum absolute atomic E-state index is 0. The lowest BCUT2D eigenvalue weighted by Crippen LogP contribution is -2.24. The van der Waals surface area contributed by atoms with Gasteiger partial charge in [0.1, 0.15) is 5.82 Å². The number of anilines is 1. The van der Waals surface area contributed by atoms with Gasteiger partial charge < -0.3 is 16.2 Å². The number of nitrogen functional groups attached to an aromatic ring is 1. The number of nitrogens with zero attached hydrogens (tertiary/aromatic N) is 2. The SMILES string of the molecule is C.Cc1ccc(F)cc1C(=O)NCc1ccc(-n2nc(C3CCC(F)(F)CC3)c(N)c2C(=O)O)cc1. The molecule has 0 atom stereocenters. The minimum atomic E-state index is -2.72. The van der Waals surface area contributed by atoms with Crippen molar-refractivity contribution in [1.29, 1.82) is 0 Å². The molecule has 1 aliphatic rings. The van der Waals surface area contributed by atoms with E-state index in [-0.39, 0.29) is 62.5 Å². The number of hydrogen-bond acceptors (Lipinski definition) is 4. The molecule has 1 heterocycles. The third-order valence-corrected chi connectivity index (χ3v) is 6.34. The van der Waals surface area contributed by atoms with Crippen molar-refractivity contribution in [2.45, 2.75) is 58.4 Å². The van der Waals surface area contributed by atoms with Crippen molar-refractivity contribution in [3.05, 3.63) is 76.4 Å². The second-order valence-corrected chi connectivity index (χ2v) is 8.80. The summed E-state index contributed by atoms with van der Waals surface area (Å²) in [4.78, 5) is 24.3. The monoisotopic (exact) mass is 502 g/mol. The number of aromatic carboxylic acids is 1. The van der Waals surface area contributed by atoms with E-state index in [2.05, 4.69) is 10.4 Å². The van der Waals surface area contributed by atoms with Crippen LogP contribution in [0.2, 0.25) is 0 Å². The van der Waals surface area contributed by atoms with Gasteiger partial charge >= 0.3 is 5.97 Å². The van der Waals surface area contributed by atoms with Crippen molar-refractivity contribution in [1.82, 2.24) is 15.1 Å². The summed E-state index contributed by atoms with van der Waals surface area (Å²) in [5, 5.41) is 16.8. The van der Waals surface area contributed by atoms with Gasteiger partial charge in [0, 0.05) is 30.9 Å². The molecule has 0 radical (unpaired) electrons. The summed E-state index contributed by atoms with van der Waals surface area (Å²) >= 11 is 0. The van der Waals surface area contributed by atoms with E-state index in [1.165, 1.54) is 22.9 Å². The van der Waals surface area contributed by atoms with E-state index in [9.17, 15) is 27.9 Å². The maximum atomic E-state index is 13.6. The number of nitrogens with one attached hydrogen (secondary N) is 1. The van der Waals surface area contributed by atoms with E-state index in [0.29, 0.717) is 16.9 Å². The van der Waals surface area contributed by atoms with Crippen molar-refractivity contribution in [2.75, 3.05) is 5.73 Å². The molecule has 4 rings (SSSR count). The largest absolute Gasteiger partial charge is 0.476 e. The number of carboxylic acid groups (broad SMARTS) is 1. The molecule has 1 aromatic heterocycles. The first-order valence-corrected chi connectivity index (χ1v) is 11.2. The molecule has 0 unspecified atom stereocenters. The summed E-state index contributed by atoms with van der Waals surface area (Å²) in [6.07, 6.45) is -0.225. The van der Waals surface area contributed by atoms with Crippen molar-refractivity contribution >= 4 is 17.6 Å². The fourth-order valence-corrected chi connectivity index (χ4v) is 4.33. The zero-order valence-electron chi connectivity index (χ0n) is 19.0. The molecule has 7 nitrogen and oxygen atoms in total. The molecule has 1 fully saturated rings. The van der Waals surface area contributed by atoms with Crippen LogP contribution < -0.4 is 11.1 Å². The summed E-state index contributed by atoms with van der Waals surface area (Å²) < 4.78 is 41.8. The highest BCUT2D eigenvalue weighted by Crippen LogP contribution is 2.42. The molecule has 4 N–H and O–H groups in total. The van der Waals surface area contributed by atoms with Gasteiger partial charge in [0.15, 0.2) is 5.69 Å². The first kappa shape index (κ1) is 26.8. The van der Waals surface area contributed by atoms with Crippen molar-refractivity contribution < 1.29 is 27.9 Å². The van der Waals surface area contributed by atoms with Gasteiger partial charge in [-0.25, -0.2) is 22.6 Å². The third kappa shape index (κ3) is 5.53. The Bertz CT molecular complexity index is 1260. The van der Waals surface area contributed by atoms with E-state index in [0.717, 1.165) is 5.56 Å². The van der Waals surface area contributed by atoms with E-state index in [1.807, 2.05) is 0 Å². The Kier molecular flexibility index (Phi) is 7.76. The smallest absolute Gasteiger partial charge is 0.356 e. The standard InChI is InChI=1S/C25H25F3N4O3.CH4/c1-14-2-5-17(26)12-19(14)23(33)30-13-15-3-6-18(7-4-15)32-22(24(34)35)20(29)21(31-32)16-8-10-25(27,28)11-9-16;/h2-7,12,16H,8-11,13,29H2,1H3,(H,30,33)(H,34,35);1H4. The average Bonchev–Trinajstić information content (AvgIpc) is 3.16. The van der Waals surface area contributed by atoms with Gasteiger partial charge in [-0.1, -0.05) is 25.6 Å². The van der Waals surface area contributed by atoms with Crippen molar-refractivity contribution in [3.8, 4) is 5.69 Å². The molecule has 192 valence electrons. The van der Waals surface area contributed by atoms with Crippen LogP contribution in [0.15, 0.2) is 42.5 Å². The van der Waals surface area contributed by atoms with Gasteiger partial charge in [-0.05, 0) is 55.2 Å². The molecule has 36 heavy (non-hydrogen) atoms. The Hall–Kier alpha value is -3.82. The van der Waals surface area contributed by atoms with Crippen LogP contribution >= 0.6 is 0 Å². The lowest BCUT2D eigenvalue weighted by atomic mass is 9.84. The van der Waals surface area contributed by atoms with Crippen LogP contribution in [0, 0.1) is 12.7 Å². The van der Waals surface area contributed by atoms with E-state index < -0.39 is 23.6 Å². The number of carbonyl (C=O) groups excluding carboxylic acids is 1. The molecule has 3 aromatic rings. The number of aryl methyl sites for hydroxylation is 1. The number of carboxylic acids is 1. The number of hydrogen-bond donors (Lipinski definition) is 3. The number of aromatic nitrogens is 2. The Morgan fingerprint density at radius 2 is 1.81 bits per heavy atom. The maximum absolute atomic E-state index is 13.6. The van der Waals surface area contributed by atoms with E-state index in [4.69, 9.17) is 5.73 Å². The number of amides is 1. The summed E-state index contributed by atoms with van der Waals surface area (Å²) in [6, 6.07) is 10.6. The van der Waals surface area contributed by atoms with E-state index >= 15 is 0 Å². The van der Waals surface area contributed by atoms with Crippen LogP contribution in [0.3, 0.4) is 0 Å². The summed E-state index contributed by atoms with van der Waals surface area (Å²) in [5.74, 6) is -5.25. The first-order chi connectivity index (χ1) is 16.6. The fraction of sp³-hybridized carbons (Fsp3) is 0.346. The molecular weight excluding hydrogens is 473 g/mol. The van der Waals surface area contributed by atoms with Crippen molar-refractivity contribution in [2.24, 2.45) is 0 Å². The molecule has 0 aliphatic heterocycles. The summed E-state index contributed by atoms with van der Waals surface area (Å²) in [5.41, 5.74) is 8.23. The molecule has 1 aliphatic carbocycles. The number of alkyl halides is 2. The summed E-state index contributed by atoms with van der Waals surface area (Å²) in [6.45, 7) is 1.88. The Morgan fingerprint density at radius 1 is 1.17 bits per heavy atom. The molecule has 2 aromatic carbocycles. The Labute approximate surface area is 207 Å². The van der Waals surface area contributed by atoms with Gasteiger partial charge in [0.05, 0.1) is 17.1 Å². The number of rotatable bonds is 6. The molecule has 0 spiro atoms. The highest BCUT2D eigenvalue weighted by atomic mass is 19.3. The quantitative estimate of drug-likeness (QED) is 0.415. The Morgan fingerprint density at radius 3 is 2.42 bits per heavy atom. The normalized spacial score (nSPS) is 15.2. The predicted molar refractivity (Wildman–Crippen MR) is 130 cm³/mol. The van der Waals surface area contributed by atoms with Crippen LogP contribution in [0.1, 0.15) is 76.7 Å². The van der Waals surface area contributed by atoms with Gasteiger partial charge in [-0.15, -0.1) is 0 Å². The van der Waals surface area contributed by atoms with Crippen LogP contribution in [0.25, 0.3) is 5.69 Å². The summed E-state index contributed by atoms with van der Waals surface area (Å²) in [7, 11) is 0. The second-order valence-electron chi connectivity index (χ2n) is 8.80. The molecule has 0 bridgehead atoms. The van der Waals surface area contributed by atoms with Crippen molar-refractivity contribution in [3.63, 3.8) is 0 Å². The Balaban J connectivity index is 0.00000361. The van der Waals surface area contributed by atoms with Gasteiger partial charge in [0.25, 0.3) is 5.91 Å². The maximum Gasteiger partial charge on any atom is 0.356 e. The predicted octanol–water partition coefficient (Wildman–Crippen LogP) is 5.46. The highest BCUT2D eigenvalue weighted by molar-refractivity contribution is 5.95. The average molecular weight is 503 g/mol. The zero-order chi connectivity index (χ0) is 25.3. The topological polar surface area (TPSA) is 110 Å². The zero-order valence-corrected chi connectivity index (χ0v) is 19.0. The first-order valence-electron chi connectivity index (χ1n) is 11.2. The lowest BCUT2D eigenvalue weighted by Gasteiger charge is -2.27. The molecule has 0 saturated heterocycles. The van der Waals surface area contributed by atoms with Crippen LogP contribution in [-0.4, -0.2) is 32.7 Å². The third-order valence-electron chi connectivity index (χ3n) is 6.34. The minimum Gasteiger partial charge on any atom is -0.476 e. The number of nitrogens with two attached hydrogens (primary N) is 1. The molecule has 1 saturated carbocycles. The number of halogens is 3. The lowest BCUT2D eigenvalue weighted by molar-refractivity contribution is -0.0384.